The van der Waals surface area contributed by atoms with Gasteiger partial charge in [-0.3, -0.25) is 14.7 Å². The maximum atomic E-state index is 13.5. The minimum absolute atomic E-state index is 0.00931. The van der Waals surface area contributed by atoms with Gasteiger partial charge in [0.05, 0.1) is 11.6 Å². The fourth-order valence-corrected chi connectivity index (χ4v) is 4.87. The lowest BCUT2D eigenvalue weighted by molar-refractivity contribution is 0.0263. The van der Waals surface area contributed by atoms with E-state index in [0.29, 0.717) is 30.1 Å². The summed E-state index contributed by atoms with van der Waals surface area (Å²) in [5.41, 5.74) is 1.94. The molecule has 2 atom stereocenters. The smallest absolute Gasteiger partial charge is 0.274 e. The summed E-state index contributed by atoms with van der Waals surface area (Å²) < 4.78 is 6.52. The minimum Gasteiger partial charge on any atom is -0.487 e. The number of hydrogen-bond acceptors (Lipinski definition) is 4. The molecule has 0 spiro atoms. The fourth-order valence-electron chi connectivity index (χ4n) is 4.87. The molecule has 1 aliphatic heterocycles. The van der Waals surface area contributed by atoms with Crippen molar-refractivity contribution in [3.8, 4) is 5.75 Å². The second-order valence-corrected chi connectivity index (χ2v) is 9.08. The number of benzene rings is 1. The normalized spacial score (nSPS) is 23.0. The van der Waals surface area contributed by atoms with Gasteiger partial charge >= 0.3 is 0 Å². The number of fused-ring (bicyclic) bond motifs is 2. The molecule has 1 N–H and O–H groups in total. The van der Waals surface area contributed by atoms with Crippen LogP contribution in [0.2, 0.25) is 0 Å². The molecule has 1 aromatic carbocycles. The van der Waals surface area contributed by atoms with E-state index in [-0.39, 0.29) is 24.0 Å². The highest BCUT2D eigenvalue weighted by Crippen LogP contribution is 2.31. The highest BCUT2D eigenvalue weighted by molar-refractivity contribution is 5.96. The van der Waals surface area contributed by atoms with E-state index in [4.69, 9.17) is 4.74 Å². The number of nitrogens with zero attached hydrogens (tertiary/aromatic N) is 3. The standard InChI is InChI=1S/C25H34N4O3/c1-18-17-20(27-26-18)25(31)29-16-10-4-3-9-15-28(2)24(30)19-11-5-7-13-22(19)32-23-14-8-6-12-21(23)29/h5,7,11,13,17,21,23H,3-4,6,8-10,12,14-16H2,1-2H3,(H,26,27)/t21-,23+/m1/s1. The van der Waals surface area contributed by atoms with Gasteiger partial charge in [-0.25, -0.2) is 0 Å². The summed E-state index contributed by atoms with van der Waals surface area (Å²) in [5.74, 6) is 0.567. The van der Waals surface area contributed by atoms with Gasteiger partial charge in [-0.1, -0.05) is 31.4 Å². The zero-order valence-corrected chi connectivity index (χ0v) is 19.2. The predicted octanol–water partition coefficient (Wildman–Crippen LogP) is 4.20. The van der Waals surface area contributed by atoms with E-state index in [2.05, 4.69) is 10.2 Å². The van der Waals surface area contributed by atoms with Crippen LogP contribution in [0.1, 0.15) is 77.9 Å². The molecule has 2 heterocycles. The van der Waals surface area contributed by atoms with E-state index >= 15 is 0 Å². The Balaban J connectivity index is 1.67. The SMILES string of the molecule is Cc1cc(C(=O)N2CCCCCCN(C)C(=O)c3ccccc3O[C@H]3CCCC[C@H]32)n[nH]1. The maximum Gasteiger partial charge on any atom is 0.274 e. The van der Waals surface area contributed by atoms with Gasteiger partial charge in [-0.15, -0.1) is 0 Å². The lowest BCUT2D eigenvalue weighted by atomic mass is 9.90. The number of amides is 2. The average Bonchev–Trinajstić information content (AvgIpc) is 3.24. The van der Waals surface area contributed by atoms with Crippen molar-refractivity contribution in [1.82, 2.24) is 20.0 Å². The Morgan fingerprint density at radius 3 is 2.59 bits per heavy atom. The van der Waals surface area contributed by atoms with Crippen LogP contribution < -0.4 is 4.74 Å². The average molecular weight is 439 g/mol. The van der Waals surface area contributed by atoms with Gasteiger partial charge < -0.3 is 14.5 Å². The van der Waals surface area contributed by atoms with Crippen LogP contribution in [0.25, 0.3) is 0 Å². The predicted molar refractivity (Wildman–Crippen MR) is 123 cm³/mol. The number of aryl methyl sites for hydroxylation is 1. The molecule has 1 fully saturated rings. The van der Waals surface area contributed by atoms with Crippen molar-refractivity contribution in [3.05, 3.63) is 47.3 Å². The van der Waals surface area contributed by atoms with Gasteiger partial charge in [-0.2, -0.15) is 5.10 Å². The molecule has 2 amide bonds. The molecular formula is C25H34N4O3. The first kappa shape index (κ1) is 22.4. The molecule has 7 heteroatoms. The zero-order chi connectivity index (χ0) is 22.5. The number of carbonyl (C=O) groups is 2. The molecule has 0 bridgehead atoms. The molecule has 0 saturated heterocycles. The Labute approximate surface area is 190 Å². The molecule has 2 aliphatic rings. The molecule has 4 rings (SSSR count). The number of aromatic amines is 1. The summed E-state index contributed by atoms with van der Waals surface area (Å²) in [5, 5.41) is 7.13. The number of carbonyl (C=O) groups excluding carboxylic acids is 2. The Morgan fingerprint density at radius 2 is 1.81 bits per heavy atom. The number of aromatic nitrogens is 2. The monoisotopic (exact) mass is 438 g/mol. The molecule has 32 heavy (non-hydrogen) atoms. The number of hydrogen-bond donors (Lipinski definition) is 1. The van der Waals surface area contributed by atoms with Crippen LogP contribution in [0.4, 0.5) is 0 Å². The van der Waals surface area contributed by atoms with Crippen LogP contribution in [0.15, 0.2) is 30.3 Å². The number of H-pyrrole nitrogens is 1. The van der Waals surface area contributed by atoms with Crippen molar-refractivity contribution in [2.75, 3.05) is 20.1 Å². The van der Waals surface area contributed by atoms with Gasteiger partial charge in [0, 0.05) is 25.8 Å². The Hall–Kier alpha value is -2.83. The van der Waals surface area contributed by atoms with Crippen molar-refractivity contribution in [2.45, 2.75) is 70.4 Å². The first-order valence-electron chi connectivity index (χ1n) is 11.9. The Morgan fingerprint density at radius 1 is 1.06 bits per heavy atom. The topological polar surface area (TPSA) is 78.5 Å². The summed E-state index contributed by atoms with van der Waals surface area (Å²) in [7, 11) is 1.86. The molecular weight excluding hydrogens is 404 g/mol. The molecule has 0 unspecified atom stereocenters. The van der Waals surface area contributed by atoms with E-state index in [1.165, 1.54) is 0 Å². The third-order valence-electron chi connectivity index (χ3n) is 6.64. The second kappa shape index (κ2) is 10.2. The van der Waals surface area contributed by atoms with Crippen molar-refractivity contribution >= 4 is 11.8 Å². The summed E-state index contributed by atoms with van der Waals surface area (Å²) in [6, 6.07) is 9.29. The molecule has 7 nitrogen and oxygen atoms in total. The van der Waals surface area contributed by atoms with Crippen LogP contribution in [0.3, 0.4) is 0 Å². The van der Waals surface area contributed by atoms with Crippen LogP contribution in [0, 0.1) is 6.92 Å². The van der Waals surface area contributed by atoms with E-state index in [1.807, 2.05) is 49.2 Å². The van der Waals surface area contributed by atoms with Gasteiger partial charge in [0.1, 0.15) is 17.5 Å². The Kier molecular flexibility index (Phi) is 7.12. The molecule has 2 aromatic rings. The van der Waals surface area contributed by atoms with Gasteiger partial charge in [0.25, 0.3) is 11.8 Å². The van der Waals surface area contributed by atoms with Crippen molar-refractivity contribution in [2.24, 2.45) is 0 Å². The van der Waals surface area contributed by atoms with E-state index < -0.39 is 0 Å². The largest absolute Gasteiger partial charge is 0.487 e. The van der Waals surface area contributed by atoms with E-state index in [9.17, 15) is 9.59 Å². The summed E-state index contributed by atoms with van der Waals surface area (Å²) >= 11 is 0. The van der Waals surface area contributed by atoms with E-state index in [1.54, 1.807) is 4.90 Å². The molecule has 1 aromatic heterocycles. The van der Waals surface area contributed by atoms with Gasteiger partial charge in [-0.05, 0) is 57.2 Å². The molecule has 0 radical (unpaired) electrons. The highest BCUT2D eigenvalue weighted by Gasteiger charge is 2.36. The highest BCUT2D eigenvalue weighted by atomic mass is 16.5. The van der Waals surface area contributed by atoms with Gasteiger partial charge in [0.15, 0.2) is 0 Å². The quantitative estimate of drug-likeness (QED) is 0.724. The molecule has 1 aliphatic carbocycles. The third kappa shape index (κ3) is 4.97. The number of para-hydroxylation sites is 1. The maximum absolute atomic E-state index is 13.5. The first-order valence-corrected chi connectivity index (χ1v) is 11.9. The zero-order valence-electron chi connectivity index (χ0n) is 19.2. The summed E-state index contributed by atoms with van der Waals surface area (Å²) in [6.45, 7) is 3.32. The molecule has 1 saturated carbocycles. The lowest BCUT2D eigenvalue weighted by Gasteiger charge is -2.40. The summed E-state index contributed by atoms with van der Waals surface area (Å²) in [6.07, 6.45) is 7.69. The van der Waals surface area contributed by atoms with Crippen LogP contribution >= 0.6 is 0 Å². The third-order valence-corrected chi connectivity index (χ3v) is 6.64. The van der Waals surface area contributed by atoms with Crippen LogP contribution in [-0.4, -0.2) is 64.1 Å². The lowest BCUT2D eigenvalue weighted by Crippen LogP contribution is -2.51. The second-order valence-electron chi connectivity index (χ2n) is 9.08. The number of nitrogens with one attached hydrogen (secondary N) is 1. The molecule has 172 valence electrons. The number of rotatable bonds is 1. The van der Waals surface area contributed by atoms with Crippen LogP contribution in [-0.2, 0) is 0 Å². The van der Waals surface area contributed by atoms with Gasteiger partial charge in [0.2, 0.25) is 0 Å². The first-order chi connectivity index (χ1) is 15.5. The number of ether oxygens (including phenoxy) is 1. The van der Waals surface area contributed by atoms with Crippen molar-refractivity contribution in [1.29, 1.82) is 0 Å². The fraction of sp³-hybridized carbons (Fsp3) is 0.560. The van der Waals surface area contributed by atoms with Crippen LogP contribution in [0.5, 0.6) is 5.75 Å². The Bertz CT molecular complexity index is 941. The summed E-state index contributed by atoms with van der Waals surface area (Å²) in [4.78, 5) is 30.4. The van der Waals surface area contributed by atoms with Crippen molar-refractivity contribution < 1.29 is 14.3 Å². The van der Waals surface area contributed by atoms with E-state index in [0.717, 1.165) is 57.1 Å². The minimum atomic E-state index is -0.144. The van der Waals surface area contributed by atoms with Crippen molar-refractivity contribution in [3.63, 3.8) is 0 Å².